The highest BCUT2D eigenvalue weighted by atomic mass is 35.5. The Morgan fingerprint density at radius 2 is 2.03 bits per heavy atom. The summed E-state index contributed by atoms with van der Waals surface area (Å²) in [6, 6.07) is 12.7. The van der Waals surface area contributed by atoms with Crippen LogP contribution in [0.2, 0.25) is 5.02 Å². The second-order valence-corrected chi connectivity index (χ2v) is 6.95. The van der Waals surface area contributed by atoms with Crippen LogP contribution in [-0.2, 0) is 4.74 Å². The number of carbonyl (C=O) groups excluding carboxylic acids is 1. The van der Waals surface area contributed by atoms with Crippen molar-refractivity contribution in [3.05, 3.63) is 58.8 Å². The molecule has 1 N–H and O–H groups in total. The van der Waals surface area contributed by atoms with Crippen LogP contribution in [0.25, 0.3) is 11.0 Å². The maximum absolute atomic E-state index is 12.3. The van der Waals surface area contributed by atoms with Crippen molar-refractivity contribution in [2.45, 2.75) is 0 Å². The van der Waals surface area contributed by atoms with E-state index in [1.165, 1.54) is 0 Å². The summed E-state index contributed by atoms with van der Waals surface area (Å²) in [4.78, 5) is 14.5. The molecule has 1 fully saturated rings. The zero-order chi connectivity index (χ0) is 20.2. The number of benzene rings is 2. The van der Waals surface area contributed by atoms with Crippen LogP contribution in [0.3, 0.4) is 0 Å². The zero-order valence-electron chi connectivity index (χ0n) is 15.9. The minimum Gasteiger partial charge on any atom is -0.496 e. The van der Waals surface area contributed by atoms with Gasteiger partial charge >= 0.3 is 5.91 Å². The highest BCUT2D eigenvalue weighted by Crippen LogP contribution is 2.26. The van der Waals surface area contributed by atoms with E-state index in [1.54, 1.807) is 37.6 Å². The highest BCUT2D eigenvalue weighted by Gasteiger charge is 2.14. The number of amides is 1. The van der Waals surface area contributed by atoms with Crippen molar-refractivity contribution in [1.29, 1.82) is 0 Å². The smallest absolute Gasteiger partial charge is 0.307 e. The molecule has 7 nitrogen and oxygen atoms in total. The molecule has 3 aromatic rings. The molecule has 8 heteroatoms. The van der Waals surface area contributed by atoms with Gasteiger partial charge in [0, 0.05) is 40.8 Å². The minimum atomic E-state index is -0.447. The Balaban J connectivity index is 1.45. The van der Waals surface area contributed by atoms with Gasteiger partial charge in [0.05, 0.1) is 26.5 Å². The van der Waals surface area contributed by atoms with Gasteiger partial charge in [0.25, 0.3) is 0 Å². The number of ether oxygens (including phenoxy) is 2. The van der Waals surface area contributed by atoms with Crippen LogP contribution in [0.15, 0.2) is 52.0 Å². The lowest BCUT2D eigenvalue weighted by molar-refractivity contribution is 0.0929. The standard InChI is InChI=1S/C21H20ClN3O4/c1-27-19-12-17(25-6-8-28-9-7-25)4-2-14(19)13-23-24-21(26)20-11-15-10-16(22)3-5-18(15)29-20/h2-5,10-13H,6-9H2,1H3,(H,24,26)/b23-13-. The first kappa shape index (κ1) is 19.3. The molecule has 1 aliphatic heterocycles. The summed E-state index contributed by atoms with van der Waals surface area (Å²) in [5.41, 5.74) is 4.87. The van der Waals surface area contributed by atoms with Gasteiger partial charge in [-0.25, -0.2) is 5.43 Å². The van der Waals surface area contributed by atoms with Crippen molar-refractivity contribution >= 4 is 40.4 Å². The number of anilines is 1. The lowest BCUT2D eigenvalue weighted by Crippen LogP contribution is -2.36. The van der Waals surface area contributed by atoms with E-state index in [9.17, 15) is 4.79 Å². The second kappa shape index (κ2) is 8.55. The van der Waals surface area contributed by atoms with Crippen LogP contribution in [0.5, 0.6) is 5.75 Å². The Kier molecular flexibility index (Phi) is 5.69. The Morgan fingerprint density at radius 1 is 1.21 bits per heavy atom. The van der Waals surface area contributed by atoms with E-state index < -0.39 is 5.91 Å². The SMILES string of the molecule is COc1cc(N2CCOCC2)ccc1/C=N\NC(=O)c1cc2cc(Cl)ccc2o1. The molecule has 1 amide bonds. The highest BCUT2D eigenvalue weighted by molar-refractivity contribution is 6.31. The number of hydrogen-bond donors (Lipinski definition) is 1. The summed E-state index contributed by atoms with van der Waals surface area (Å²) in [6.45, 7) is 3.11. The van der Waals surface area contributed by atoms with Gasteiger partial charge in [-0.15, -0.1) is 0 Å². The van der Waals surface area contributed by atoms with Crippen LogP contribution in [0.4, 0.5) is 5.69 Å². The number of morpholine rings is 1. The summed E-state index contributed by atoms with van der Waals surface area (Å²) in [5.74, 6) is 0.386. The quantitative estimate of drug-likeness (QED) is 0.510. The minimum absolute atomic E-state index is 0.161. The van der Waals surface area contributed by atoms with E-state index in [-0.39, 0.29) is 5.76 Å². The van der Waals surface area contributed by atoms with E-state index in [4.69, 9.17) is 25.5 Å². The molecular formula is C21H20ClN3O4. The fourth-order valence-corrected chi connectivity index (χ4v) is 3.35. The van der Waals surface area contributed by atoms with Gasteiger partial charge in [-0.1, -0.05) is 11.6 Å². The van der Waals surface area contributed by atoms with Crippen molar-refractivity contribution in [2.24, 2.45) is 5.10 Å². The summed E-state index contributed by atoms with van der Waals surface area (Å²) in [5, 5.41) is 5.37. The molecule has 2 aromatic carbocycles. The molecule has 0 saturated carbocycles. The fraction of sp³-hybridized carbons (Fsp3) is 0.238. The zero-order valence-corrected chi connectivity index (χ0v) is 16.6. The molecule has 150 valence electrons. The monoisotopic (exact) mass is 413 g/mol. The van der Waals surface area contributed by atoms with E-state index in [0.717, 1.165) is 29.7 Å². The van der Waals surface area contributed by atoms with Gasteiger partial charge < -0.3 is 18.8 Å². The van der Waals surface area contributed by atoms with Crippen molar-refractivity contribution in [3.8, 4) is 5.75 Å². The maximum atomic E-state index is 12.3. The van der Waals surface area contributed by atoms with Crippen molar-refractivity contribution in [2.75, 3.05) is 38.3 Å². The van der Waals surface area contributed by atoms with E-state index >= 15 is 0 Å². The third kappa shape index (κ3) is 4.36. The predicted octanol–water partition coefficient (Wildman–Crippen LogP) is 3.70. The van der Waals surface area contributed by atoms with Crippen molar-refractivity contribution in [3.63, 3.8) is 0 Å². The largest absolute Gasteiger partial charge is 0.496 e. The van der Waals surface area contributed by atoms with Crippen molar-refractivity contribution < 1.29 is 18.7 Å². The predicted molar refractivity (Wildman–Crippen MR) is 112 cm³/mol. The van der Waals surface area contributed by atoms with Crippen LogP contribution >= 0.6 is 11.6 Å². The summed E-state index contributed by atoms with van der Waals surface area (Å²) < 4.78 is 16.4. The molecule has 0 spiro atoms. The summed E-state index contributed by atoms with van der Waals surface area (Å²) in [7, 11) is 1.61. The molecule has 1 aromatic heterocycles. The lowest BCUT2D eigenvalue weighted by Gasteiger charge is -2.29. The third-order valence-corrected chi connectivity index (χ3v) is 4.90. The Bertz CT molecular complexity index is 1060. The second-order valence-electron chi connectivity index (χ2n) is 6.52. The number of rotatable bonds is 5. The summed E-state index contributed by atoms with van der Waals surface area (Å²) >= 11 is 5.96. The van der Waals surface area contributed by atoms with Crippen LogP contribution in [0, 0.1) is 0 Å². The number of fused-ring (bicyclic) bond motifs is 1. The normalized spacial score (nSPS) is 14.5. The molecule has 0 unspecified atom stereocenters. The molecule has 2 heterocycles. The van der Waals surface area contributed by atoms with Crippen LogP contribution in [0.1, 0.15) is 16.1 Å². The number of halogens is 1. The van der Waals surface area contributed by atoms with Gasteiger partial charge in [0.1, 0.15) is 11.3 Å². The third-order valence-electron chi connectivity index (χ3n) is 4.67. The average molecular weight is 414 g/mol. The molecule has 29 heavy (non-hydrogen) atoms. The fourth-order valence-electron chi connectivity index (χ4n) is 3.17. The maximum Gasteiger partial charge on any atom is 0.307 e. The van der Waals surface area contributed by atoms with Gasteiger partial charge in [0.2, 0.25) is 0 Å². The first-order chi connectivity index (χ1) is 14.1. The van der Waals surface area contributed by atoms with E-state index in [1.807, 2.05) is 18.2 Å². The van der Waals surface area contributed by atoms with Crippen molar-refractivity contribution in [1.82, 2.24) is 5.43 Å². The Hall–Kier alpha value is -3.03. The number of nitrogens with one attached hydrogen (secondary N) is 1. The number of hydrogen-bond acceptors (Lipinski definition) is 6. The molecule has 0 bridgehead atoms. The Morgan fingerprint density at radius 3 is 2.83 bits per heavy atom. The number of carbonyl (C=O) groups is 1. The van der Waals surface area contributed by atoms with Gasteiger partial charge in [-0.3, -0.25) is 4.79 Å². The molecule has 0 aliphatic carbocycles. The van der Waals surface area contributed by atoms with Gasteiger partial charge in [0.15, 0.2) is 5.76 Å². The van der Waals surface area contributed by atoms with E-state index in [2.05, 4.69) is 15.4 Å². The first-order valence-corrected chi connectivity index (χ1v) is 9.55. The molecule has 4 rings (SSSR count). The molecule has 1 saturated heterocycles. The van der Waals surface area contributed by atoms with Gasteiger partial charge in [-0.2, -0.15) is 5.10 Å². The topological polar surface area (TPSA) is 76.3 Å². The average Bonchev–Trinajstić information content (AvgIpc) is 3.18. The number of nitrogens with zero attached hydrogens (tertiary/aromatic N) is 2. The van der Waals surface area contributed by atoms with Gasteiger partial charge in [-0.05, 0) is 36.4 Å². The van der Waals surface area contributed by atoms with E-state index in [0.29, 0.717) is 29.6 Å². The van der Waals surface area contributed by atoms with Crippen LogP contribution in [-0.4, -0.2) is 45.5 Å². The number of hydrazone groups is 1. The summed E-state index contributed by atoms with van der Waals surface area (Å²) in [6.07, 6.45) is 1.54. The lowest BCUT2D eigenvalue weighted by atomic mass is 10.1. The number of furan rings is 1. The van der Waals surface area contributed by atoms with Crippen LogP contribution < -0.4 is 15.1 Å². The Labute approximate surface area is 172 Å². The molecular weight excluding hydrogens is 394 g/mol. The first-order valence-electron chi connectivity index (χ1n) is 9.17. The molecule has 0 radical (unpaired) electrons. The molecule has 1 aliphatic rings. The number of methoxy groups -OCH3 is 1. The molecule has 0 atom stereocenters.